The molecule has 5 N–H and O–H groups in total. The number of aliphatic hydroxyl groups excluding tert-OH is 1. The first kappa shape index (κ1) is 19.9. The third kappa shape index (κ3) is 5.29. The minimum absolute atomic E-state index is 0.00353. The molecule has 27 heavy (non-hydrogen) atoms. The van der Waals surface area contributed by atoms with E-state index in [2.05, 4.69) is 5.32 Å². The highest BCUT2D eigenvalue weighted by molar-refractivity contribution is 5.90. The molecule has 2 aromatic rings. The van der Waals surface area contributed by atoms with Crippen LogP contribution in [0, 0.1) is 0 Å². The standard InChI is InChI=1S/C19H19NO7/c21-10-13-7-12(16(22)9-14(13)18(24)25)8-15(19(26)27)20-17(23)6-11-4-2-1-3-5-11/h1-5,7,9,15,21-22H,6,8,10H2,(H,20,23)(H,24,25)(H,26,27). The van der Waals surface area contributed by atoms with Crippen LogP contribution >= 0.6 is 0 Å². The molecule has 0 spiro atoms. The zero-order chi connectivity index (χ0) is 20.0. The highest BCUT2D eigenvalue weighted by Crippen LogP contribution is 2.24. The Labute approximate surface area is 154 Å². The van der Waals surface area contributed by atoms with E-state index in [0.717, 1.165) is 11.6 Å². The van der Waals surface area contributed by atoms with E-state index >= 15 is 0 Å². The number of carboxylic acids is 2. The molecule has 0 aliphatic heterocycles. The fraction of sp³-hybridized carbons (Fsp3) is 0.211. The lowest BCUT2D eigenvalue weighted by molar-refractivity contribution is -0.141. The summed E-state index contributed by atoms with van der Waals surface area (Å²) < 4.78 is 0. The number of benzene rings is 2. The van der Waals surface area contributed by atoms with Crippen molar-refractivity contribution in [1.82, 2.24) is 5.32 Å². The molecular formula is C19H19NO7. The maximum Gasteiger partial charge on any atom is 0.336 e. The SMILES string of the molecule is O=C(Cc1ccccc1)NC(Cc1cc(CO)c(C(=O)O)cc1O)C(=O)O. The van der Waals surface area contributed by atoms with Crippen LogP contribution in [0.15, 0.2) is 42.5 Å². The van der Waals surface area contributed by atoms with Gasteiger partial charge in [-0.15, -0.1) is 0 Å². The van der Waals surface area contributed by atoms with Crippen molar-refractivity contribution in [2.45, 2.75) is 25.5 Å². The maximum atomic E-state index is 12.1. The van der Waals surface area contributed by atoms with Gasteiger partial charge in [-0.3, -0.25) is 4.79 Å². The van der Waals surface area contributed by atoms with Crippen LogP contribution in [0.1, 0.15) is 27.0 Å². The largest absolute Gasteiger partial charge is 0.508 e. The van der Waals surface area contributed by atoms with E-state index in [1.807, 2.05) is 0 Å². The minimum Gasteiger partial charge on any atom is -0.508 e. The number of amides is 1. The molecule has 2 aromatic carbocycles. The van der Waals surface area contributed by atoms with Gasteiger partial charge >= 0.3 is 11.9 Å². The topological polar surface area (TPSA) is 144 Å². The van der Waals surface area contributed by atoms with Gasteiger partial charge in [0.25, 0.3) is 0 Å². The lowest BCUT2D eigenvalue weighted by Gasteiger charge is -2.17. The van der Waals surface area contributed by atoms with Crippen LogP contribution in [-0.4, -0.2) is 44.3 Å². The molecule has 2 rings (SSSR count). The number of aliphatic carboxylic acids is 1. The lowest BCUT2D eigenvalue weighted by Crippen LogP contribution is -2.43. The average Bonchev–Trinajstić information content (AvgIpc) is 2.62. The number of aromatic hydroxyl groups is 1. The molecule has 0 saturated carbocycles. The van der Waals surface area contributed by atoms with E-state index in [1.54, 1.807) is 30.3 Å². The molecule has 0 aliphatic carbocycles. The van der Waals surface area contributed by atoms with Gasteiger partial charge in [0, 0.05) is 6.42 Å². The summed E-state index contributed by atoms with van der Waals surface area (Å²) in [5, 5.41) is 40.1. The zero-order valence-corrected chi connectivity index (χ0v) is 14.3. The molecule has 0 radical (unpaired) electrons. The maximum absolute atomic E-state index is 12.1. The van der Waals surface area contributed by atoms with Gasteiger partial charge in [-0.25, -0.2) is 9.59 Å². The van der Waals surface area contributed by atoms with Crippen molar-refractivity contribution in [2.24, 2.45) is 0 Å². The van der Waals surface area contributed by atoms with Gasteiger partial charge in [0.05, 0.1) is 18.6 Å². The predicted octanol–water partition coefficient (Wildman–Crippen LogP) is 0.937. The molecular weight excluding hydrogens is 354 g/mol. The number of phenolic OH excluding ortho intramolecular Hbond substituents is 1. The summed E-state index contributed by atoms with van der Waals surface area (Å²) in [5.74, 6) is -3.55. The Bertz CT molecular complexity index is 849. The molecule has 8 heteroatoms. The Hall–Kier alpha value is -3.39. The molecule has 0 saturated heterocycles. The number of hydrogen-bond donors (Lipinski definition) is 5. The summed E-state index contributed by atoms with van der Waals surface area (Å²) in [6.45, 7) is -0.590. The van der Waals surface area contributed by atoms with Gasteiger partial charge in [0.15, 0.2) is 0 Å². The Morgan fingerprint density at radius 3 is 2.22 bits per heavy atom. The van der Waals surface area contributed by atoms with Gasteiger partial charge in [-0.05, 0) is 28.8 Å². The molecule has 0 bridgehead atoms. The number of nitrogens with one attached hydrogen (secondary N) is 1. The fourth-order valence-electron chi connectivity index (χ4n) is 2.62. The molecule has 0 heterocycles. The summed E-state index contributed by atoms with van der Waals surface area (Å²) in [6.07, 6.45) is -0.273. The molecule has 1 amide bonds. The smallest absolute Gasteiger partial charge is 0.336 e. The summed E-state index contributed by atoms with van der Waals surface area (Å²) >= 11 is 0. The van der Waals surface area contributed by atoms with E-state index in [9.17, 15) is 29.7 Å². The highest BCUT2D eigenvalue weighted by Gasteiger charge is 2.23. The minimum atomic E-state index is -1.33. The quantitative estimate of drug-likeness (QED) is 0.463. The molecule has 1 atom stereocenters. The highest BCUT2D eigenvalue weighted by atomic mass is 16.4. The van der Waals surface area contributed by atoms with Gasteiger partial charge in [0.2, 0.25) is 5.91 Å². The van der Waals surface area contributed by atoms with E-state index in [4.69, 9.17) is 5.11 Å². The predicted molar refractivity (Wildman–Crippen MR) is 94.4 cm³/mol. The van der Waals surface area contributed by atoms with Gasteiger partial charge in [-0.2, -0.15) is 0 Å². The number of phenols is 1. The third-order valence-electron chi connectivity index (χ3n) is 3.97. The Kier molecular flexibility index (Phi) is 6.51. The van der Waals surface area contributed by atoms with Gasteiger partial charge < -0.3 is 25.7 Å². The number of carboxylic acid groups (broad SMARTS) is 2. The lowest BCUT2D eigenvalue weighted by atomic mass is 9.98. The first-order chi connectivity index (χ1) is 12.8. The summed E-state index contributed by atoms with van der Waals surface area (Å²) in [7, 11) is 0. The number of carbonyl (C=O) groups excluding carboxylic acids is 1. The first-order valence-electron chi connectivity index (χ1n) is 8.06. The normalized spacial score (nSPS) is 11.6. The van der Waals surface area contributed by atoms with Crippen molar-refractivity contribution in [1.29, 1.82) is 0 Å². The fourth-order valence-corrected chi connectivity index (χ4v) is 2.62. The van der Waals surface area contributed by atoms with Crippen molar-refractivity contribution < 1.29 is 34.8 Å². The van der Waals surface area contributed by atoms with Crippen molar-refractivity contribution in [3.63, 3.8) is 0 Å². The van der Waals surface area contributed by atoms with Crippen LogP contribution in [0.3, 0.4) is 0 Å². The van der Waals surface area contributed by atoms with E-state index in [1.165, 1.54) is 6.07 Å². The van der Waals surface area contributed by atoms with E-state index in [0.29, 0.717) is 0 Å². The monoisotopic (exact) mass is 373 g/mol. The summed E-state index contributed by atoms with van der Waals surface area (Å²) in [6, 6.07) is 9.63. The van der Waals surface area contributed by atoms with Gasteiger partial charge in [0.1, 0.15) is 11.8 Å². The van der Waals surface area contributed by atoms with Crippen LogP contribution in [0.5, 0.6) is 5.75 Å². The number of aromatic carboxylic acids is 1. The summed E-state index contributed by atoms with van der Waals surface area (Å²) in [5.41, 5.74) is 0.584. The van der Waals surface area contributed by atoms with Crippen LogP contribution in [0.25, 0.3) is 0 Å². The molecule has 1 unspecified atom stereocenters. The van der Waals surface area contributed by atoms with Crippen LogP contribution in [0.4, 0.5) is 0 Å². The van der Waals surface area contributed by atoms with Crippen LogP contribution < -0.4 is 5.32 Å². The van der Waals surface area contributed by atoms with Gasteiger partial charge in [-0.1, -0.05) is 30.3 Å². The molecule has 8 nitrogen and oxygen atoms in total. The zero-order valence-electron chi connectivity index (χ0n) is 14.3. The second-order valence-electron chi connectivity index (χ2n) is 5.93. The number of hydrogen-bond acceptors (Lipinski definition) is 5. The average molecular weight is 373 g/mol. The Morgan fingerprint density at radius 2 is 1.67 bits per heavy atom. The van der Waals surface area contributed by atoms with Crippen LogP contribution in [-0.2, 0) is 29.0 Å². The van der Waals surface area contributed by atoms with E-state index < -0.39 is 36.2 Å². The number of rotatable bonds is 8. The second kappa shape index (κ2) is 8.81. The Morgan fingerprint density at radius 1 is 1.00 bits per heavy atom. The van der Waals surface area contributed by atoms with Crippen molar-refractivity contribution in [3.8, 4) is 5.75 Å². The second-order valence-corrected chi connectivity index (χ2v) is 5.93. The number of carbonyl (C=O) groups is 3. The van der Waals surface area contributed by atoms with E-state index in [-0.39, 0.29) is 29.5 Å². The molecule has 0 fully saturated rings. The number of aliphatic hydroxyl groups is 1. The molecule has 0 aliphatic rings. The van der Waals surface area contributed by atoms with Crippen molar-refractivity contribution >= 4 is 17.8 Å². The first-order valence-corrected chi connectivity index (χ1v) is 8.06. The van der Waals surface area contributed by atoms with Crippen molar-refractivity contribution in [2.75, 3.05) is 0 Å². The molecule has 142 valence electrons. The van der Waals surface area contributed by atoms with Crippen LogP contribution in [0.2, 0.25) is 0 Å². The summed E-state index contributed by atoms with van der Waals surface area (Å²) in [4.78, 5) is 34.7. The van der Waals surface area contributed by atoms with Crippen molar-refractivity contribution in [3.05, 3.63) is 64.7 Å². The molecule has 0 aromatic heterocycles. The Balaban J connectivity index is 2.17. The third-order valence-corrected chi connectivity index (χ3v) is 3.97.